The van der Waals surface area contributed by atoms with Crippen LogP contribution in [-0.4, -0.2) is 24.4 Å². The molecule has 0 radical (unpaired) electrons. The molecule has 5 heteroatoms. The van der Waals surface area contributed by atoms with Gasteiger partial charge in [0.2, 0.25) is 0 Å². The van der Waals surface area contributed by atoms with Crippen molar-refractivity contribution in [2.75, 3.05) is 12.4 Å². The van der Waals surface area contributed by atoms with Gasteiger partial charge in [0.1, 0.15) is 6.04 Å². The number of nitrogens with zero attached hydrogens (tertiary/aromatic N) is 1. The molecule has 1 unspecified atom stereocenters. The quantitative estimate of drug-likeness (QED) is 0.610. The average molecular weight is 278 g/mol. The number of esters is 1. The zero-order chi connectivity index (χ0) is 14.1. The maximum atomic E-state index is 11.3. The monoisotopic (exact) mass is 278 g/mol. The lowest BCUT2D eigenvalue weighted by Crippen LogP contribution is -2.32. The fourth-order valence-corrected chi connectivity index (χ4v) is 2.48. The van der Waals surface area contributed by atoms with Crippen LogP contribution in [0.1, 0.15) is 24.5 Å². The predicted octanol–water partition coefficient (Wildman–Crippen LogP) is 2.07. The summed E-state index contributed by atoms with van der Waals surface area (Å²) >= 11 is 1.69. The van der Waals surface area contributed by atoms with Gasteiger partial charge in [-0.05, 0) is 36.8 Å². The lowest BCUT2D eigenvalue weighted by molar-refractivity contribution is -0.144. The molecule has 0 heterocycles. The topological polar surface area (TPSA) is 76.1 Å². The predicted molar refractivity (Wildman–Crippen MR) is 76.5 cm³/mol. The molecule has 0 fully saturated rings. The summed E-state index contributed by atoms with van der Waals surface area (Å²) in [6.07, 6.45) is 0.599. The highest BCUT2D eigenvalue weighted by atomic mass is 32.2. The van der Waals surface area contributed by atoms with Gasteiger partial charge >= 0.3 is 5.97 Å². The molecule has 0 saturated heterocycles. The minimum Gasteiger partial charge on any atom is -0.465 e. The van der Waals surface area contributed by atoms with Crippen LogP contribution in [0.4, 0.5) is 0 Å². The molecule has 0 aliphatic heterocycles. The number of nitrogens with two attached hydrogens (primary N) is 1. The second-order valence-corrected chi connectivity index (χ2v) is 5.12. The van der Waals surface area contributed by atoms with Crippen molar-refractivity contribution in [3.8, 4) is 6.07 Å². The van der Waals surface area contributed by atoms with Crippen molar-refractivity contribution in [1.82, 2.24) is 0 Å². The number of carbonyl (C=O) groups is 1. The number of benzene rings is 1. The number of thioether (sulfide) groups is 1. The summed E-state index contributed by atoms with van der Waals surface area (Å²) < 4.78 is 4.84. The molecule has 4 nitrogen and oxygen atoms in total. The lowest BCUT2D eigenvalue weighted by Gasteiger charge is -2.10. The van der Waals surface area contributed by atoms with Gasteiger partial charge in [0.05, 0.1) is 18.2 Å². The van der Waals surface area contributed by atoms with Crippen molar-refractivity contribution in [3.05, 3.63) is 35.4 Å². The van der Waals surface area contributed by atoms with E-state index in [0.717, 1.165) is 17.1 Å². The Morgan fingerprint density at radius 3 is 3.05 bits per heavy atom. The van der Waals surface area contributed by atoms with Crippen molar-refractivity contribution in [2.45, 2.75) is 25.1 Å². The zero-order valence-electron chi connectivity index (χ0n) is 11.0. The van der Waals surface area contributed by atoms with E-state index in [1.54, 1.807) is 24.8 Å². The lowest BCUT2D eigenvalue weighted by atomic mass is 10.2. The van der Waals surface area contributed by atoms with Gasteiger partial charge in [-0.25, -0.2) is 0 Å². The van der Waals surface area contributed by atoms with Crippen LogP contribution in [-0.2, 0) is 15.3 Å². The van der Waals surface area contributed by atoms with Crippen molar-refractivity contribution in [2.24, 2.45) is 5.73 Å². The van der Waals surface area contributed by atoms with Gasteiger partial charge in [-0.2, -0.15) is 17.0 Å². The Bertz CT molecular complexity index is 457. The Hall–Kier alpha value is -1.51. The number of rotatable bonds is 7. The number of nitriles is 1. The van der Waals surface area contributed by atoms with Crippen molar-refractivity contribution < 1.29 is 9.53 Å². The van der Waals surface area contributed by atoms with E-state index in [0.29, 0.717) is 18.6 Å². The fraction of sp³-hybridized carbons (Fsp3) is 0.429. The number of hydrogen-bond donors (Lipinski definition) is 1. The normalized spacial score (nSPS) is 11.6. The van der Waals surface area contributed by atoms with Gasteiger partial charge in [0.15, 0.2) is 0 Å². The first-order valence-corrected chi connectivity index (χ1v) is 7.31. The molecule has 0 aromatic heterocycles. The number of carbonyl (C=O) groups excluding carboxylic acids is 1. The van der Waals surface area contributed by atoms with Crippen molar-refractivity contribution in [1.29, 1.82) is 5.26 Å². The van der Waals surface area contributed by atoms with Gasteiger partial charge in [0, 0.05) is 5.75 Å². The van der Waals surface area contributed by atoms with Crippen LogP contribution in [0.15, 0.2) is 24.3 Å². The average Bonchev–Trinajstić information content (AvgIpc) is 2.43. The summed E-state index contributed by atoms with van der Waals surface area (Å²) in [5, 5.41) is 8.79. The molecule has 1 rings (SSSR count). The van der Waals surface area contributed by atoms with Gasteiger partial charge < -0.3 is 10.5 Å². The first kappa shape index (κ1) is 15.5. The molecule has 2 N–H and O–H groups in total. The van der Waals surface area contributed by atoms with E-state index in [-0.39, 0.29) is 5.97 Å². The van der Waals surface area contributed by atoms with Gasteiger partial charge in [-0.3, -0.25) is 4.79 Å². The molecule has 0 bridgehead atoms. The highest BCUT2D eigenvalue weighted by Crippen LogP contribution is 2.15. The Morgan fingerprint density at radius 1 is 1.58 bits per heavy atom. The molecule has 0 spiro atoms. The molecule has 0 aliphatic carbocycles. The summed E-state index contributed by atoms with van der Waals surface area (Å²) in [4.78, 5) is 11.3. The molecule has 19 heavy (non-hydrogen) atoms. The standard InChI is InChI=1S/C14H18N2O2S/c1-2-18-14(17)13(16)6-7-19-10-12-5-3-4-11(8-12)9-15/h3-5,8,13H,2,6-7,10,16H2,1H3. The number of ether oxygens (including phenoxy) is 1. The highest BCUT2D eigenvalue weighted by Gasteiger charge is 2.13. The van der Waals surface area contributed by atoms with Crippen LogP contribution >= 0.6 is 11.8 Å². The van der Waals surface area contributed by atoms with Crippen LogP contribution in [0.5, 0.6) is 0 Å². The first-order valence-electron chi connectivity index (χ1n) is 6.16. The molecular formula is C14H18N2O2S. The van der Waals surface area contributed by atoms with Crippen molar-refractivity contribution in [3.63, 3.8) is 0 Å². The first-order chi connectivity index (χ1) is 9.17. The van der Waals surface area contributed by atoms with Crippen LogP contribution in [0.25, 0.3) is 0 Å². The second kappa shape index (κ2) is 8.57. The third-order valence-corrected chi connectivity index (χ3v) is 3.55. The Kier molecular flexibility index (Phi) is 7.01. The summed E-state index contributed by atoms with van der Waals surface area (Å²) in [5.74, 6) is 1.26. The molecule has 0 aliphatic rings. The highest BCUT2D eigenvalue weighted by molar-refractivity contribution is 7.98. The molecule has 102 valence electrons. The number of hydrogen-bond acceptors (Lipinski definition) is 5. The van der Waals surface area contributed by atoms with Gasteiger partial charge in [-0.15, -0.1) is 0 Å². The molecule has 0 amide bonds. The van der Waals surface area contributed by atoms with Gasteiger partial charge in [0.25, 0.3) is 0 Å². The summed E-state index contributed by atoms with van der Waals surface area (Å²) in [6, 6.07) is 9.09. The maximum Gasteiger partial charge on any atom is 0.322 e. The Labute approximate surface area is 117 Å². The molecular weight excluding hydrogens is 260 g/mol. The molecule has 0 saturated carbocycles. The maximum absolute atomic E-state index is 11.3. The summed E-state index contributed by atoms with van der Waals surface area (Å²) in [7, 11) is 0. The molecule has 1 aromatic carbocycles. The second-order valence-electron chi connectivity index (χ2n) is 4.01. The minimum atomic E-state index is -0.544. The largest absolute Gasteiger partial charge is 0.465 e. The third kappa shape index (κ3) is 5.77. The van der Waals surface area contributed by atoms with Gasteiger partial charge in [-0.1, -0.05) is 12.1 Å². The van der Waals surface area contributed by atoms with E-state index in [2.05, 4.69) is 6.07 Å². The third-order valence-electron chi connectivity index (χ3n) is 2.49. The summed E-state index contributed by atoms with van der Waals surface area (Å²) in [6.45, 7) is 2.13. The van der Waals surface area contributed by atoms with E-state index in [1.165, 1.54) is 0 Å². The summed E-state index contributed by atoms with van der Waals surface area (Å²) in [5.41, 5.74) is 7.47. The Morgan fingerprint density at radius 2 is 2.37 bits per heavy atom. The van der Waals surface area contributed by atoms with E-state index in [9.17, 15) is 4.79 Å². The molecule has 1 atom stereocenters. The zero-order valence-corrected chi connectivity index (χ0v) is 11.8. The van der Waals surface area contributed by atoms with Crippen LogP contribution < -0.4 is 5.73 Å². The Balaban J connectivity index is 2.27. The SMILES string of the molecule is CCOC(=O)C(N)CCSCc1cccc(C#N)c1. The van der Waals surface area contributed by atoms with Crippen molar-refractivity contribution >= 4 is 17.7 Å². The van der Waals surface area contributed by atoms with E-state index < -0.39 is 6.04 Å². The van der Waals surface area contributed by atoms with Crippen LogP contribution in [0.2, 0.25) is 0 Å². The van der Waals surface area contributed by atoms with E-state index >= 15 is 0 Å². The molecule has 1 aromatic rings. The minimum absolute atomic E-state index is 0.338. The fourth-order valence-electron chi connectivity index (χ4n) is 1.50. The van der Waals surface area contributed by atoms with Crippen LogP contribution in [0, 0.1) is 11.3 Å². The van der Waals surface area contributed by atoms with E-state index in [4.69, 9.17) is 15.7 Å². The van der Waals surface area contributed by atoms with Crippen LogP contribution in [0.3, 0.4) is 0 Å². The van der Waals surface area contributed by atoms with E-state index in [1.807, 2.05) is 18.2 Å². The smallest absolute Gasteiger partial charge is 0.322 e.